The Bertz CT molecular complexity index is 1200. The van der Waals surface area contributed by atoms with E-state index in [4.69, 9.17) is 4.74 Å². The minimum Gasteiger partial charge on any atom is -0.497 e. The first-order chi connectivity index (χ1) is 16.1. The number of fused-ring (bicyclic) bond motifs is 1. The van der Waals surface area contributed by atoms with Crippen molar-refractivity contribution in [2.24, 2.45) is 0 Å². The minimum absolute atomic E-state index is 0.0298. The molecule has 0 fully saturated rings. The van der Waals surface area contributed by atoms with Gasteiger partial charge in [0, 0.05) is 25.6 Å². The van der Waals surface area contributed by atoms with Crippen LogP contribution in [0.3, 0.4) is 0 Å². The number of aryl methyl sites for hydroxylation is 1. The van der Waals surface area contributed by atoms with E-state index in [0.717, 1.165) is 30.6 Å². The van der Waals surface area contributed by atoms with E-state index in [0.29, 0.717) is 36.4 Å². The number of hydrogen-bond acceptors (Lipinski definition) is 5. The first-order valence-corrected chi connectivity index (χ1v) is 11.6. The van der Waals surface area contributed by atoms with E-state index in [1.807, 2.05) is 24.3 Å². The highest BCUT2D eigenvalue weighted by Crippen LogP contribution is 2.19. The maximum absolute atomic E-state index is 13.2. The van der Waals surface area contributed by atoms with Crippen LogP contribution in [0.5, 0.6) is 5.75 Å². The Morgan fingerprint density at radius 1 is 1.15 bits per heavy atom. The molecule has 0 saturated heterocycles. The maximum Gasteiger partial charge on any atom is 0.263 e. The van der Waals surface area contributed by atoms with E-state index in [1.54, 1.807) is 30.0 Å². The van der Waals surface area contributed by atoms with Crippen molar-refractivity contribution < 1.29 is 9.53 Å². The smallest absolute Gasteiger partial charge is 0.263 e. The van der Waals surface area contributed by atoms with Gasteiger partial charge in [0.2, 0.25) is 5.91 Å². The number of carbonyl (C=O) groups excluding carboxylic acids is 1. The highest BCUT2D eigenvalue weighted by molar-refractivity contribution is 5.76. The number of benzene rings is 1. The summed E-state index contributed by atoms with van der Waals surface area (Å²) < 4.78 is 6.87. The molecular formula is C26H30N4O3. The summed E-state index contributed by atoms with van der Waals surface area (Å²) in [7, 11) is 1.62. The molecule has 7 heteroatoms. The van der Waals surface area contributed by atoms with Crippen molar-refractivity contribution in [2.75, 3.05) is 13.7 Å². The number of rotatable bonds is 9. The SMILES string of the molecule is COc1ccc(Cn2c(CCC(=O)NCCC3=CCCCC3)nc3ncccc3c2=O)cc1. The molecule has 0 unspecified atom stereocenters. The third-order valence-electron chi connectivity index (χ3n) is 6.04. The number of ether oxygens (including phenoxy) is 1. The fourth-order valence-electron chi connectivity index (χ4n) is 4.17. The summed E-state index contributed by atoms with van der Waals surface area (Å²) in [5.74, 6) is 1.29. The predicted molar refractivity (Wildman–Crippen MR) is 128 cm³/mol. The topological polar surface area (TPSA) is 86.1 Å². The molecule has 172 valence electrons. The van der Waals surface area contributed by atoms with Crippen LogP contribution in [0.1, 0.15) is 49.9 Å². The largest absolute Gasteiger partial charge is 0.497 e. The third-order valence-corrected chi connectivity index (χ3v) is 6.04. The van der Waals surface area contributed by atoms with Crippen LogP contribution in [-0.2, 0) is 17.8 Å². The molecule has 2 aromatic heterocycles. The van der Waals surface area contributed by atoms with Gasteiger partial charge in [0.25, 0.3) is 5.56 Å². The van der Waals surface area contributed by atoms with Crippen molar-refractivity contribution in [1.82, 2.24) is 19.9 Å². The second kappa shape index (κ2) is 10.9. The number of aromatic nitrogens is 3. The van der Waals surface area contributed by atoms with Gasteiger partial charge in [-0.2, -0.15) is 0 Å². The molecular weight excluding hydrogens is 416 g/mol. The molecule has 2 heterocycles. The summed E-state index contributed by atoms with van der Waals surface area (Å²) in [6, 6.07) is 11.1. The van der Waals surface area contributed by atoms with Gasteiger partial charge < -0.3 is 10.1 Å². The predicted octanol–water partition coefficient (Wildman–Crippen LogP) is 3.79. The van der Waals surface area contributed by atoms with Crippen LogP contribution in [0, 0.1) is 0 Å². The van der Waals surface area contributed by atoms with Gasteiger partial charge in [-0.05, 0) is 61.9 Å². The Labute approximate surface area is 193 Å². The molecule has 7 nitrogen and oxygen atoms in total. The first kappa shape index (κ1) is 22.7. The molecule has 0 spiro atoms. The molecule has 1 aromatic carbocycles. The van der Waals surface area contributed by atoms with Crippen molar-refractivity contribution in [1.29, 1.82) is 0 Å². The van der Waals surface area contributed by atoms with Crippen LogP contribution in [0.15, 0.2) is 59.0 Å². The van der Waals surface area contributed by atoms with Crippen LogP contribution in [0.25, 0.3) is 11.0 Å². The average Bonchev–Trinajstić information content (AvgIpc) is 2.86. The number of hydrogen-bond donors (Lipinski definition) is 1. The van der Waals surface area contributed by atoms with Crippen LogP contribution in [0.4, 0.5) is 0 Å². The Kier molecular flexibility index (Phi) is 7.50. The number of nitrogens with zero attached hydrogens (tertiary/aromatic N) is 3. The number of carbonyl (C=O) groups is 1. The molecule has 0 aliphatic heterocycles. The number of allylic oxidation sites excluding steroid dienone is 1. The molecule has 1 amide bonds. The highest BCUT2D eigenvalue weighted by atomic mass is 16.5. The summed E-state index contributed by atoms with van der Waals surface area (Å²) in [5, 5.41) is 3.48. The summed E-state index contributed by atoms with van der Waals surface area (Å²) in [6.07, 6.45) is 10.3. The van der Waals surface area contributed by atoms with Crippen molar-refractivity contribution in [3.05, 3.63) is 76.0 Å². The fourth-order valence-corrected chi connectivity index (χ4v) is 4.17. The van der Waals surface area contributed by atoms with Gasteiger partial charge in [-0.25, -0.2) is 9.97 Å². The highest BCUT2D eigenvalue weighted by Gasteiger charge is 2.14. The van der Waals surface area contributed by atoms with Crippen molar-refractivity contribution in [2.45, 2.75) is 51.5 Å². The zero-order valence-electron chi connectivity index (χ0n) is 19.0. The standard InChI is InChI=1S/C26H30N4O3/c1-33-21-11-9-20(10-12-21)18-30-23(29-25-22(26(30)32)8-5-16-28-25)13-14-24(31)27-17-15-19-6-3-2-4-7-19/h5-6,8-12,16H,2-4,7,13-15,17-18H2,1H3,(H,27,31). The summed E-state index contributed by atoms with van der Waals surface area (Å²) in [4.78, 5) is 34.6. The van der Waals surface area contributed by atoms with Gasteiger partial charge in [-0.1, -0.05) is 23.8 Å². The molecule has 0 bridgehead atoms. The number of methoxy groups -OCH3 is 1. The minimum atomic E-state index is -0.149. The van der Waals surface area contributed by atoms with Crippen molar-refractivity contribution >= 4 is 16.9 Å². The second-order valence-electron chi connectivity index (χ2n) is 8.35. The first-order valence-electron chi connectivity index (χ1n) is 11.6. The summed E-state index contributed by atoms with van der Waals surface area (Å²) in [5.41, 5.74) is 2.66. The normalized spacial score (nSPS) is 13.5. The van der Waals surface area contributed by atoms with Crippen LogP contribution >= 0.6 is 0 Å². The number of nitrogens with one attached hydrogen (secondary N) is 1. The summed E-state index contributed by atoms with van der Waals surface area (Å²) in [6.45, 7) is 1.02. The summed E-state index contributed by atoms with van der Waals surface area (Å²) >= 11 is 0. The lowest BCUT2D eigenvalue weighted by Crippen LogP contribution is -2.29. The Morgan fingerprint density at radius 3 is 2.76 bits per heavy atom. The van der Waals surface area contributed by atoms with E-state index in [9.17, 15) is 9.59 Å². The third kappa shape index (κ3) is 5.86. The second-order valence-corrected chi connectivity index (χ2v) is 8.35. The average molecular weight is 447 g/mol. The molecule has 4 rings (SSSR count). The van der Waals surface area contributed by atoms with E-state index in [-0.39, 0.29) is 17.9 Å². The lowest BCUT2D eigenvalue weighted by atomic mass is 9.97. The number of pyridine rings is 1. The Hall–Kier alpha value is -3.48. The molecule has 1 aliphatic rings. The zero-order chi connectivity index (χ0) is 23.0. The van der Waals surface area contributed by atoms with E-state index < -0.39 is 0 Å². The van der Waals surface area contributed by atoms with Gasteiger partial charge >= 0.3 is 0 Å². The Morgan fingerprint density at radius 2 is 2.00 bits per heavy atom. The lowest BCUT2D eigenvalue weighted by molar-refractivity contribution is -0.121. The van der Waals surface area contributed by atoms with Gasteiger partial charge in [0.05, 0.1) is 19.0 Å². The number of amides is 1. The molecule has 0 radical (unpaired) electrons. The van der Waals surface area contributed by atoms with E-state index in [1.165, 1.54) is 18.4 Å². The Balaban J connectivity index is 1.47. The molecule has 0 saturated carbocycles. The van der Waals surface area contributed by atoms with Crippen LogP contribution < -0.4 is 15.6 Å². The van der Waals surface area contributed by atoms with Crippen LogP contribution in [-0.4, -0.2) is 34.1 Å². The quantitative estimate of drug-likeness (QED) is 0.506. The van der Waals surface area contributed by atoms with Crippen LogP contribution in [0.2, 0.25) is 0 Å². The van der Waals surface area contributed by atoms with E-state index >= 15 is 0 Å². The van der Waals surface area contributed by atoms with Crippen molar-refractivity contribution in [3.8, 4) is 5.75 Å². The maximum atomic E-state index is 13.2. The van der Waals surface area contributed by atoms with Gasteiger partial charge in [-0.15, -0.1) is 0 Å². The van der Waals surface area contributed by atoms with E-state index in [2.05, 4.69) is 21.4 Å². The molecule has 33 heavy (non-hydrogen) atoms. The molecule has 0 atom stereocenters. The van der Waals surface area contributed by atoms with Gasteiger partial charge in [0.15, 0.2) is 5.65 Å². The fraction of sp³-hybridized carbons (Fsp3) is 0.385. The monoisotopic (exact) mass is 446 g/mol. The van der Waals surface area contributed by atoms with Gasteiger partial charge in [-0.3, -0.25) is 14.2 Å². The molecule has 1 aliphatic carbocycles. The molecule has 3 aromatic rings. The molecule has 1 N–H and O–H groups in total. The zero-order valence-corrected chi connectivity index (χ0v) is 19.0. The van der Waals surface area contributed by atoms with Crippen molar-refractivity contribution in [3.63, 3.8) is 0 Å². The van der Waals surface area contributed by atoms with Gasteiger partial charge in [0.1, 0.15) is 11.6 Å². The lowest BCUT2D eigenvalue weighted by Gasteiger charge is -2.14.